The van der Waals surface area contributed by atoms with E-state index >= 15 is 0 Å². The van der Waals surface area contributed by atoms with Crippen LogP contribution in [0.25, 0.3) is 0 Å². The number of hydrogen-bond acceptors (Lipinski definition) is 4. The van der Waals surface area contributed by atoms with E-state index in [1.54, 1.807) is 0 Å². The van der Waals surface area contributed by atoms with Gasteiger partial charge in [0.25, 0.3) is 0 Å². The lowest BCUT2D eigenvalue weighted by Crippen LogP contribution is -2.45. The molecule has 1 aliphatic heterocycles. The minimum absolute atomic E-state index is 0.190. The SMILES string of the molecule is C#CCCOCCC(N)CN1CCC(N)CC1. The van der Waals surface area contributed by atoms with E-state index < -0.39 is 0 Å². The Bertz CT molecular complexity index is 231. The quantitative estimate of drug-likeness (QED) is 0.491. The van der Waals surface area contributed by atoms with E-state index in [9.17, 15) is 0 Å². The first-order valence-electron chi connectivity index (χ1n) is 6.47. The summed E-state index contributed by atoms with van der Waals surface area (Å²) in [5, 5.41) is 0. The molecule has 0 spiro atoms. The molecule has 1 unspecified atom stereocenters. The third-order valence-electron chi connectivity index (χ3n) is 3.15. The van der Waals surface area contributed by atoms with Gasteiger partial charge in [-0.3, -0.25) is 0 Å². The molecule has 0 saturated carbocycles. The van der Waals surface area contributed by atoms with E-state index in [1.165, 1.54) is 0 Å². The molecular formula is C13H25N3O. The number of nitrogens with zero attached hydrogens (tertiary/aromatic N) is 1. The average molecular weight is 239 g/mol. The van der Waals surface area contributed by atoms with Gasteiger partial charge in [0.15, 0.2) is 0 Å². The molecule has 98 valence electrons. The Morgan fingerprint density at radius 1 is 1.35 bits per heavy atom. The Morgan fingerprint density at radius 2 is 2.06 bits per heavy atom. The van der Waals surface area contributed by atoms with Crippen LogP contribution < -0.4 is 11.5 Å². The molecular weight excluding hydrogens is 214 g/mol. The van der Waals surface area contributed by atoms with E-state index in [0.29, 0.717) is 25.7 Å². The largest absolute Gasteiger partial charge is 0.380 e. The maximum absolute atomic E-state index is 6.06. The molecule has 4 heteroatoms. The molecule has 1 atom stereocenters. The monoisotopic (exact) mass is 239 g/mol. The summed E-state index contributed by atoms with van der Waals surface area (Å²) in [5.74, 6) is 2.55. The summed E-state index contributed by atoms with van der Waals surface area (Å²) >= 11 is 0. The van der Waals surface area contributed by atoms with Gasteiger partial charge in [0.05, 0.1) is 6.61 Å². The van der Waals surface area contributed by atoms with Crippen molar-refractivity contribution < 1.29 is 4.74 Å². The van der Waals surface area contributed by atoms with Gasteiger partial charge in [-0.15, -0.1) is 12.3 Å². The van der Waals surface area contributed by atoms with Gasteiger partial charge in [-0.2, -0.15) is 0 Å². The number of hydrogen-bond donors (Lipinski definition) is 2. The lowest BCUT2D eigenvalue weighted by atomic mass is 10.1. The lowest BCUT2D eigenvalue weighted by Gasteiger charge is -2.31. The molecule has 1 heterocycles. The second kappa shape index (κ2) is 8.48. The zero-order valence-electron chi connectivity index (χ0n) is 10.6. The Balaban J connectivity index is 2.01. The van der Waals surface area contributed by atoms with Crippen molar-refractivity contribution in [2.45, 2.75) is 37.8 Å². The molecule has 0 amide bonds. The van der Waals surface area contributed by atoms with E-state index in [4.69, 9.17) is 22.6 Å². The molecule has 0 bridgehead atoms. The standard InChI is InChI=1S/C13H25N3O/c1-2-3-9-17-10-6-13(15)11-16-7-4-12(14)5-8-16/h1,12-13H,3-11,14-15H2. The minimum Gasteiger partial charge on any atom is -0.380 e. The van der Waals surface area contributed by atoms with Crippen LogP contribution in [0.15, 0.2) is 0 Å². The van der Waals surface area contributed by atoms with Crippen LogP contribution in [0.2, 0.25) is 0 Å². The van der Waals surface area contributed by atoms with Gasteiger partial charge >= 0.3 is 0 Å². The van der Waals surface area contributed by atoms with E-state index in [0.717, 1.165) is 38.9 Å². The summed E-state index contributed by atoms with van der Waals surface area (Å²) in [6, 6.07) is 0.574. The van der Waals surface area contributed by atoms with Crippen LogP contribution in [0.5, 0.6) is 0 Å². The maximum Gasteiger partial charge on any atom is 0.0575 e. The van der Waals surface area contributed by atoms with Gasteiger partial charge in [0.1, 0.15) is 0 Å². The predicted molar refractivity (Wildman–Crippen MR) is 70.5 cm³/mol. The smallest absolute Gasteiger partial charge is 0.0575 e. The van der Waals surface area contributed by atoms with E-state index in [2.05, 4.69) is 10.8 Å². The summed E-state index contributed by atoms with van der Waals surface area (Å²) < 4.78 is 5.39. The van der Waals surface area contributed by atoms with Crippen LogP contribution in [0, 0.1) is 12.3 Å². The van der Waals surface area contributed by atoms with Gasteiger partial charge < -0.3 is 21.1 Å². The highest BCUT2D eigenvalue weighted by molar-refractivity contribution is 4.82. The fraction of sp³-hybridized carbons (Fsp3) is 0.846. The highest BCUT2D eigenvalue weighted by Gasteiger charge is 2.17. The predicted octanol–water partition coefficient (Wildman–Crippen LogP) is 0.167. The number of likely N-dealkylation sites (tertiary alicyclic amines) is 1. The molecule has 1 fully saturated rings. The van der Waals surface area contributed by atoms with Gasteiger partial charge in [0.2, 0.25) is 0 Å². The number of rotatable bonds is 7. The van der Waals surface area contributed by atoms with Crippen LogP contribution in [-0.4, -0.2) is 49.8 Å². The van der Waals surface area contributed by atoms with Gasteiger partial charge in [-0.25, -0.2) is 0 Å². The van der Waals surface area contributed by atoms with Gasteiger partial charge in [0, 0.05) is 31.7 Å². The van der Waals surface area contributed by atoms with Crippen LogP contribution in [0.3, 0.4) is 0 Å². The van der Waals surface area contributed by atoms with Crippen molar-refractivity contribution in [2.24, 2.45) is 11.5 Å². The second-order valence-electron chi connectivity index (χ2n) is 4.75. The molecule has 0 aliphatic carbocycles. The second-order valence-corrected chi connectivity index (χ2v) is 4.75. The van der Waals surface area contributed by atoms with Gasteiger partial charge in [-0.05, 0) is 32.4 Å². The molecule has 0 aromatic carbocycles. The van der Waals surface area contributed by atoms with Crippen LogP contribution in [-0.2, 0) is 4.74 Å². The zero-order valence-corrected chi connectivity index (χ0v) is 10.6. The Morgan fingerprint density at radius 3 is 2.71 bits per heavy atom. The van der Waals surface area contributed by atoms with Crippen molar-refractivity contribution in [1.82, 2.24) is 4.90 Å². The highest BCUT2D eigenvalue weighted by Crippen LogP contribution is 2.08. The van der Waals surface area contributed by atoms with Crippen molar-refractivity contribution >= 4 is 0 Å². The van der Waals surface area contributed by atoms with Crippen molar-refractivity contribution in [1.29, 1.82) is 0 Å². The molecule has 1 rings (SSSR count). The number of nitrogens with two attached hydrogens (primary N) is 2. The summed E-state index contributed by atoms with van der Waals surface area (Å²) in [5.41, 5.74) is 11.9. The molecule has 4 N–H and O–H groups in total. The van der Waals surface area contributed by atoms with Crippen molar-refractivity contribution in [3.63, 3.8) is 0 Å². The van der Waals surface area contributed by atoms with Crippen molar-refractivity contribution in [2.75, 3.05) is 32.8 Å². The van der Waals surface area contributed by atoms with Gasteiger partial charge in [-0.1, -0.05) is 0 Å². The molecule has 0 radical (unpaired) electrons. The Hall–Kier alpha value is -0.600. The minimum atomic E-state index is 0.190. The molecule has 4 nitrogen and oxygen atoms in total. The van der Waals surface area contributed by atoms with Crippen LogP contribution in [0.1, 0.15) is 25.7 Å². The fourth-order valence-corrected chi connectivity index (χ4v) is 2.03. The number of ether oxygens (including phenoxy) is 1. The van der Waals surface area contributed by atoms with Crippen LogP contribution >= 0.6 is 0 Å². The van der Waals surface area contributed by atoms with E-state index in [1.807, 2.05) is 0 Å². The number of terminal acetylenes is 1. The first-order chi connectivity index (χ1) is 8.22. The third kappa shape index (κ3) is 6.64. The third-order valence-corrected chi connectivity index (χ3v) is 3.15. The van der Waals surface area contributed by atoms with E-state index in [-0.39, 0.29) is 6.04 Å². The fourth-order valence-electron chi connectivity index (χ4n) is 2.03. The molecule has 17 heavy (non-hydrogen) atoms. The number of piperidine rings is 1. The zero-order chi connectivity index (χ0) is 12.5. The maximum atomic E-state index is 6.06. The van der Waals surface area contributed by atoms with Crippen molar-refractivity contribution in [3.8, 4) is 12.3 Å². The Labute approximate surface area is 105 Å². The van der Waals surface area contributed by atoms with Crippen molar-refractivity contribution in [3.05, 3.63) is 0 Å². The molecule has 0 aromatic rings. The lowest BCUT2D eigenvalue weighted by molar-refractivity contribution is 0.124. The summed E-state index contributed by atoms with van der Waals surface area (Å²) in [4.78, 5) is 2.40. The molecule has 0 aromatic heterocycles. The summed E-state index contributed by atoms with van der Waals surface area (Å²) in [7, 11) is 0. The average Bonchev–Trinajstić information content (AvgIpc) is 2.32. The Kier molecular flexibility index (Phi) is 7.22. The van der Waals surface area contributed by atoms with Crippen LogP contribution in [0.4, 0.5) is 0 Å². The first-order valence-corrected chi connectivity index (χ1v) is 6.47. The first kappa shape index (κ1) is 14.5. The highest BCUT2D eigenvalue weighted by atomic mass is 16.5. The topological polar surface area (TPSA) is 64.5 Å². The molecule has 1 saturated heterocycles. The molecule has 1 aliphatic rings. The summed E-state index contributed by atoms with van der Waals surface area (Å²) in [6.45, 7) is 4.45. The normalized spacial score (nSPS) is 20.1. The summed E-state index contributed by atoms with van der Waals surface area (Å²) in [6.07, 6.45) is 8.89.